The maximum atomic E-state index is 14.1. The normalized spacial score (nSPS) is 23.9. The smallest absolute Gasteiger partial charge is 0.410 e. The molecule has 0 radical (unpaired) electrons. The van der Waals surface area contributed by atoms with Crippen LogP contribution < -0.4 is 9.47 Å². The number of hydrogen-bond donors (Lipinski definition) is 2. The summed E-state index contributed by atoms with van der Waals surface area (Å²) < 4.78 is 26.7. The predicted octanol–water partition coefficient (Wildman–Crippen LogP) is 9.55. The Bertz CT molecular complexity index is 2080. The molecule has 1 saturated carbocycles. The zero-order valence-corrected chi connectivity index (χ0v) is 33.6. The summed E-state index contributed by atoms with van der Waals surface area (Å²) in [5, 5.41) is 26.7. The van der Waals surface area contributed by atoms with E-state index in [-0.39, 0.29) is 44.2 Å². The van der Waals surface area contributed by atoms with E-state index < -0.39 is 23.8 Å². The molecule has 1 aliphatic heterocycles. The van der Waals surface area contributed by atoms with E-state index in [0.29, 0.717) is 37.4 Å². The van der Waals surface area contributed by atoms with E-state index in [1.165, 1.54) is 0 Å². The number of hydrogen-bond acceptors (Lipinski definition) is 9. The molecule has 1 fully saturated rings. The molecule has 4 aromatic carbocycles. The van der Waals surface area contributed by atoms with Crippen molar-refractivity contribution in [3.05, 3.63) is 126 Å². The monoisotopic (exact) mass is 788 g/mol. The quantitative estimate of drug-likeness (QED) is 0.0582. The minimum absolute atomic E-state index is 0.0895. The predicted molar refractivity (Wildman–Crippen MR) is 225 cm³/mol. The SMILES string of the molecule is C=CCOC12Oc3ccc(Oc4ccc5ccccc5c4)cc3C3C(CCCCO)C(CCCCO)C=C(C(=NOCC)CC1N(C)C(=O)OCc1ccccc1)C32. The summed E-state index contributed by atoms with van der Waals surface area (Å²) in [6, 6.07) is 29.2. The fourth-order valence-electron chi connectivity index (χ4n) is 9.25. The van der Waals surface area contributed by atoms with Crippen LogP contribution in [0.1, 0.15) is 68.9 Å². The first-order chi connectivity index (χ1) is 28.4. The van der Waals surface area contributed by atoms with Crippen molar-refractivity contribution in [2.75, 3.05) is 33.5 Å². The molecule has 0 saturated heterocycles. The van der Waals surface area contributed by atoms with Crippen molar-refractivity contribution in [1.82, 2.24) is 4.90 Å². The van der Waals surface area contributed by atoms with Gasteiger partial charge in [0.2, 0.25) is 5.79 Å². The maximum Gasteiger partial charge on any atom is 0.410 e. The van der Waals surface area contributed by atoms with E-state index in [0.717, 1.165) is 64.6 Å². The van der Waals surface area contributed by atoms with Crippen molar-refractivity contribution in [2.24, 2.45) is 22.9 Å². The number of aliphatic hydroxyl groups excluding tert-OH is 2. The van der Waals surface area contributed by atoms with E-state index in [4.69, 9.17) is 28.9 Å². The highest BCUT2D eigenvalue weighted by Gasteiger charge is 2.65. The molecule has 3 aliphatic rings. The zero-order chi connectivity index (χ0) is 40.5. The van der Waals surface area contributed by atoms with Gasteiger partial charge in [-0.15, -0.1) is 6.58 Å². The summed E-state index contributed by atoms with van der Waals surface area (Å²) in [7, 11) is 1.73. The third kappa shape index (κ3) is 8.65. The third-order valence-corrected chi connectivity index (χ3v) is 11.9. The molecule has 6 atom stereocenters. The number of aliphatic hydroxyl groups is 2. The minimum Gasteiger partial charge on any atom is -0.459 e. The van der Waals surface area contributed by atoms with E-state index in [9.17, 15) is 15.0 Å². The van der Waals surface area contributed by atoms with E-state index in [2.05, 4.69) is 36.9 Å². The van der Waals surface area contributed by atoms with Crippen molar-refractivity contribution in [3.63, 3.8) is 0 Å². The molecule has 1 heterocycles. The summed E-state index contributed by atoms with van der Waals surface area (Å²) in [4.78, 5) is 21.5. The summed E-state index contributed by atoms with van der Waals surface area (Å²) in [5.74, 6) is 0.301. The van der Waals surface area contributed by atoms with E-state index >= 15 is 0 Å². The number of rotatable bonds is 18. The first kappa shape index (κ1) is 41.0. The molecule has 10 heteroatoms. The fourth-order valence-corrected chi connectivity index (χ4v) is 9.25. The highest BCUT2D eigenvalue weighted by Crippen LogP contribution is 2.62. The van der Waals surface area contributed by atoms with Gasteiger partial charge in [-0.3, -0.25) is 0 Å². The zero-order valence-electron chi connectivity index (χ0n) is 33.6. The van der Waals surface area contributed by atoms with Crippen LogP contribution in [0.2, 0.25) is 0 Å². The number of carbonyl (C=O) groups excluding carboxylic acids is 1. The topological polar surface area (TPSA) is 119 Å². The maximum absolute atomic E-state index is 14.1. The van der Waals surface area contributed by atoms with Crippen LogP contribution in [0.3, 0.4) is 0 Å². The number of unbranched alkanes of at least 4 members (excludes halogenated alkanes) is 2. The number of allylic oxidation sites excluding steroid dienone is 1. The van der Waals surface area contributed by atoms with E-state index in [1.54, 1.807) is 18.0 Å². The van der Waals surface area contributed by atoms with Crippen LogP contribution in [-0.4, -0.2) is 72.2 Å². The molecule has 6 unspecified atom stereocenters. The standard InChI is InChI=1S/C48H56N2O8/c1-4-27-55-48-44(50(3)47(53)54-32-33-15-7-6-8-16-33)31-42(49-56-5-2)40-29-36(19-11-13-25-51)39(20-12-14-26-52)45(46(40)48)41-30-38(23-24-43(41)58-48)57-37-22-21-34-17-9-10-18-35(34)28-37/h4,6-10,15-18,21-24,28-30,36,39,44-46,51-52H,1,5,11-14,19-20,25-27,31-32H2,2-3H3. The van der Waals surface area contributed by atoms with Gasteiger partial charge in [0, 0.05) is 38.2 Å². The van der Waals surface area contributed by atoms with Crippen molar-refractivity contribution in [1.29, 1.82) is 0 Å². The Morgan fingerprint density at radius 2 is 1.66 bits per heavy atom. The molecular formula is C48H56N2O8. The number of fused-ring (bicyclic) bond motifs is 3. The fraction of sp³-hybridized carbons (Fsp3) is 0.417. The molecule has 4 aromatic rings. The molecule has 0 bridgehead atoms. The Morgan fingerprint density at radius 1 is 0.931 bits per heavy atom. The number of likely N-dealkylation sites (N-methyl/N-ethyl adjacent to an activating group) is 1. The molecule has 2 aliphatic carbocycles. The van der Waals surface area contributed by atoms with Crippen LogP contribution in [0, 0.1) is 17.8 Å². The van der Waals surface area contributed by atoms with Gasteiger partial charge in [0.15, 0.2) is 0 Å². The molecule has 10 nitrogen and oxygen atoms in total. The van der Waals surface area contributed by atoms with Gasteiger partial charge < -0.3 is 38.9 Å². The summed E-state index contributed by atoms with van der Waals surface area (Å²) in [6.45, 7) is 6.80. The van der Waals surface area contributed by atoms with Crippen LogP contribution in [0.5, 0.6) is 17.2 Å². The number of amides is 1. The van der Waals surface area contributed by atoms with Gasteiger partial charge in [-0.2, -0.15) is 0 Å². The molecule has 2 N–H and O–H groups in total. The minimum atomic E-state index is -1.37. The number of carbonyl (C=O) groups is 1. The highest BCUT2D eigenvalue weighted by molar-refractivity contribution is 6.03. The second-order valence-electron chi connectivity index (χ2n) is 15.5. The molecule has 306 valence electrons. The third-order valence-electron chi connectivity index (χ3n) is 11.9. The second-order valence-corrected chi connectivity index (χ2v) is 15.5. The van der Waals surface area contributed by atoms with Gasteiger partial charge in [-0.1, -0.05) is 90.8 Å². The number of benzene rings is 4. The molecule has 0 spiro atoms. The van der Waals surface area contributed by atoms with Crippen LogP contribution in [0.4, 0.5) is 4.79 Å². The molecule has 58 heavy (non-hydrogen) atoms. The molecule has 0 aromatic heterocycles. The van der Waals surface area contributed by atoms with E-state index in [1.807, 2.05) is 73.7 Å². The summed E-state index contributed by atoms with van der Waals surface area (Å²) >= 11 is 0. The van der Waals surface area contributed by atoms with Gasteiger partial charge in [-0.05, 0) is 96.7 Å². The molecular weight excluding hydrogens is 733 g/mol. The average Bonchev–Trinajstić information content (AvgIpc) is 3.25. The lowest BCUT2D eigenvalue weighted by Gasteiger charge is -2.59. The lowest BCUT2D eigenvalue weighted by atomic mass is 9.55. The van der Waals surface area contributed by atoms with Gasteiger partial charge in [-0.25, -0.2) is 4.79 Å². The van der Waals surface area contributed by atoms with Crippen LogP contribution in [-0.2, 0) is 20.9 Å². The Kier molecular flexibility index (Phi) is 13.5. The van der Waals surface area contributed by atoms with Crippen molar-refractivity contribution in [2.45, 2.75) is 76.2 Å². The molecule has 7 rings (SSSR count). The van der Waals surface area contributed by atoms with Gasteiger partial charge >= 0.3 is 6.09 Å². The summed E-state index contributed by atoms with van der Waals surface area (Å²) in [6.07, 6.45) is 8.56. The van der Waals surface area contributed by atoms with Crippen molar-refractivity contribution in [3.8, 4) is 17.2 Å². The lowest BCUT2D eigenvalue weighted by molar-refractivity contribution is -0.253. The Labute approximate surface area is 341 Å². The highest BCUT2D eigenvalue weighted by atomic mass is 16.7. The van der Waals surface area contributed by atoms with Gasteiger partial charge in [0.05, 0.1) is 18.2 Å². The van der Waals surface area contributed by atoms with Crippen LogP contribution in [0.25, 0.3) is 10.8 Å². The largest absolute Gasteiger partial charge is 0.459 e. The average molecular weight is 789 g/mol. The Hall–Kier alpha value is -5.16. The lowest BCUT2D eigenvalue weighted by Crippen LogP contribution is -2.69. The van der Waals surface area contributed by atoms with Crippen molar-refractivity contribution >= 4 is 22.6 Å². The van der Waals surface area contributed by atoms with Gasteiger partial charge in [0.25, 0.3) is 0 Å². The van der Waals surface area contributed by atoms with Crippen LogP contribution in [0.15, 0.2) is 120 Å². The first-order valence-corrected chi connectivity index (χ1v) is 20.7. The number of nitrogens with zero attached hydrogens (tertiary/aromatic N) is 2. The number of ether oxygens (including phenoxy) is 4. The first-order valence-electron chi connectivity index (χ1n) is 20.7. The Morgan fingerprint density at radius 3 is 2.41 bits per heavy atom. The van der Waals surface area contributed by atoms with Crippen molar-refractivity contribution < 1.29 is 38.8 Å². The number of oxime groups is 1. The van der Waals surface area contributed by atoms with Gasteiger partial charge in [0.1, 0.15) is 36.5 Å². The second kappa shape index (κ2) is 19.1. The Balaban J connectivity index is 1.37. The molecule has 1 amide bonds. The van der Waals surface area contributed by atoms with Crippen LogP contribution >= 0.6 is 0 Å². The summed E-state index contributed by atoms with van der Waals surface area (Å²) in [5.41, 5.74) is 3.57.